The molecule has 0 bridgehead atoms. The Labute approximate surface area is 253 Å². The van der Waals surface area contributed by atoms with E-state index in [4.69, 9.17) is 10.5 Å². The fraction of sp³-hybridized carbons (Fsp3) is 0.182. The number of benzene rings is 4. The highest BCUT2D eigenvalue weighted by Crippen LogP contribution is 2.35. The summed E-state index contributed by atoms with van der Waals surface area (Å²) in [5.41, 5.74) is 5.86. The van der Waals surface area contributed by atoms with Crippen molar-refractivity contribution in [3.63, 3.8) is 0 Å². The molecule has 0 aliphatic carbocycles. The zero-order chi connectivity index (χ0) is 32.5. The molecule has 0 spiro atoms. The van der Waals surface area contributed by atoms with Crippen LogP contribution in [0.4, 0.5) is 26.3 Å². The minimum Gasteiger partial charge on any atom is -0.423 e. The molecule has 4 aromatic rings. The average molecular weight is 627 g/mol. The van der Waals surface area contributed by atoms with E-state index in [0.717, 1.165) is 24.3 Å². The van der Waals surface area contributed by atoms with Gasteiger partial charge in [0, 0.05) is 6.54 Å². The number of fused-ring (bicyclic) bond motifs is 1. The van der Waals surface area contributed by atoms with Gasteiger partial charge >= 0.3 is 18.3 Å². The number of carbonyl (C=O) groups excluding carboxylic acids is 3. The van der Waals surface area contributed by atoms with Gasteiger partial charge in [0.2, 0.25) is 11.8 Å². The maximum Gasteiger partial charge on any atom is 0.416 e. The number of hydrogen-bond donors (Lipinski definition) is 1. The summed E-state index contributed by atoms with van der Waals surface area (Å²) in [4.78, 5) is 40.0. The van der Waals surface area contributed by atoms with E-state index in [1.54, 1.807) is 18.2 Å². The van der Waals surface area contributed by atoms with Gasteiger partial charge in [-0.25, -0.2) is 4.79 Å². The van der Waals surface area contributed by atoms with Gasteiger partial charge in [0.15, 0.2) is 0 Å². The number of primary amides is 1. The van der Waals surface area contributed by atoms with Crippen LogP contribution in [0, 0.1) is 0 Å². The molecule has 0 fully saturated rings. The number of esters is 1. The van der Waals surface area contributed by atoms with Gasteiger partial charge in [-0.2, -0.15) is 26.3 Å². The Morgan fingerprint density at radius 2 is 1.49 bits per heavy atom. The normalized spacial score (nSPS) is 14.9. The summed E-state index contributed by atoms with van der Waals surface area (Å²) < 4.78 is 84.0. The standard InChI is InChI=1S/C33H24F6N2O4/c34-32(35,36)22-10-8-20(9-11-22)25-6-1-2-7-27(25)31(44)45-24-12-13-26-21(18-24)14-15-41(29(26)30(40)43)28(42)17-19-4-3-5-23(16-19)33(37,38)39/h1-13,16,18,29H,14-15,17H2,(H2,40,43). The highest BCUT2D eigenvalue weighted by atomic mass is 19.4. The molecule has 6 nitrogen and oxygen atoms in total. The Bertz CT molecular complexity index is 1770. The summed E-state index contributed by atoms with van der Waals surface area (Å²) in [5, 5.41) is 0. The van der Waals surface area contributed by atoms with E-state index < -0.39 is 47.3 Å². The third-order valence-electron chi connectivity index (χ3n) is 7.42. The van der Waals surface area contributed by atoms with Crippen LogP contribution in [0.3, 0.4) is 0 Å². The lowest BCUT2D eigenvalue weighted by atomic mass is 9.91. The summed E-state index contributed by atoms with van der Waals surface area (Å²) in [6.07, 6.45) is -9.23. The molecule has 2 N–H and O–H groups in total. The molecule has 12 heteroatoms. The Morgan fingerprint density at radius 3 is 2.16 bits per heavy atom. The quantitative estimate of drug-likeness (QED) is 0.146. The van der Waals surface area contributed by atoms with Gasteiger partial charge in [0.05, 0.1) is 23.1 Å². The molecule has 1 heterocycles. The van der Waals surface area contributed by atoms with Crippen LogP contribution in [0.2, 0.25) is 0 Å². The van der Waals surface area contributed by atoms with Crippen LogP contribution < -0.4 is 10.5 Å². The van der Waals surface area contributed by atoms with E-state index in [2.05, 4.69) is 0 Å². The summed E-state index contributed by atoms with van der Waals surface area (Å²) >= 11 is 0. The summed E-state index contributed by atoms with van der Waals surface area (Å²) in [5.74, 6) is -2.08. The predicted molar refractivity (Wildman–Crippen MR) is 151 cm³/mol. The number of carbonyl (C=O) groups is 3. The second kappa shape index (κ2) is 12.1. The fourth-order valence-electron chi connectivity index (χ4n) is 5.29. The first-order valence-electron chi connectivity index (χ1n) is 13.6. The zero-order valence-electron chi connectivity index (χ0n) is 23.3. The molecule has 1 aliphatic rings. The van der Waals surface area contributed by atoms with E-state index in [-0.39, 0.29) is 36.3 Å². The smallest absolute Gasteiger partial charge is 0.416 e. The lowest BCUT2D eigenvalue weighted by molar-refractivity contribution is -0.140. The van der Waals surface area contributed by atoms with E-state index >= 15 is 0 Å². The summed E-state index contributed by atoms with van der Waals surface area (Å²) in [7, 11) is 0. The first-order chi connectivity index (χ1) is 21.2. The Hall–Kier alpha value is -5.13. The van der Waals surface area contributed by atoms with Crippen molar-refractivity contribution in [2.75, 3.05) is 6.54 Å². The number of rotatable bonds is 6. The third-order valence-corrected chi connectivity index (χ3v) is 7.42. The van der Waals surface area contributed by atoms with Gasteiger partial charge in [-0.05, 0) is 70.6 Å². The second-order valence-electron chi connectivity index (χ2n) is 10.4. The molecule has 4 aromatic carbocycles. The Kier molecular flexibility index (Phi) is 8.42. The number of nitrogens with two attached hydrogens (primary N) is 1. The van der Waals surface area contributed by atoms with Crippen molar-refractivity contribution < 1.29 is 45.5 Å². The first kappa shape index (κ1) is 31.3. The summed E-state index contributed by atoms with van der Waals surface area (Å²) in [6, 6.07) is 18.2. The molecule has 0 aromatic heterocycles. The average Bonchev–Trinajstić information content (AvgIpc) is 2.99. The SMILES string of the molecule is NC(=O)C1c2ccc(OC(=O)c3ccccc3-c3ccc(C(F)(F)F)cc3)cc2CCN1C(=O)Cc1cccc(C(F)(F)F)c1. The highest BCUT2D eigenvalue weighted by Gasteiger charge is 2.36. The van der Waals surface area contributed by atoms with Crippen molar-refractivity contribution in [2.45, 2.75) is 31.2 Å². The van der Waals surface area contributed by atoms with Crippen LogP contribution in [0.1, 0.15) is 44.2 Å². The van der Waals surface area contributed by atoms with Gasteiger partial charge < -0.3 is 15.4 Å². The van der Waals surface area contributed by atoms with Crippen LogP contribution >= 0.6 is 0 Å². The van der Waals surface area contributed by atoms with E-state index in [9.17, 15) is 40.7 Å². The van der Waals surface area contributed by atoms with Crippen LogP contribution in [0.15, 0.2) is 91.0 Å². The molecule has 1 unspecified atom stereocenters. The topological polar surface area (TPSA) is 89.7 Å². The predicted octanol–water partition coefficient (Wildman–Crippen LogP) is 6.76. The van der Waals surface area contributed by atoms with Crippen LogP contribution in [-0.4, -0.2) is 29.2 Å². The maximum atomic E-state index is 13.2. The summed E-state index contributed by atoms with van der Waals surface area (Å²) in [6.45, 7) is 0.0343. The number of halogens is 6. The van der Waals surface area contributed by atoms with E-state index in [1.165, 1.54) is 53.4 Å². The van der Waals surface area contributed by atoms with Crippen molar-refractivity contribution in [3.05, 3.63) is 124 Å². The van der Waals surface area contributed by atoms with Gasteiger partial charge in [0.1, 0.15) is 11.8 Å². The molecule has 232 valence electrons. The minimum atomic E-state index is -4.58. The Morgan fingerprint density at radius 1 is 0.800 bits per heavy atom. The Balaban J connectivity index is 1.35. The molecular formula is C33H24F6N2O4. The largest absolute Gasteiger partial charge is 0.423 e. The molecule has 5 rings (SSSR count). The van der Waals surface area contributed by atoms with Gasteiger partial charge in [-0.15, -0.1) is 0 Å². The first-order valence-corrected chi connectivity index (χ1v) is 13.6. The number of hydrogen-bond acceptors (Lipinski definition) is 4. The van der Waals surface area contributed by atoms with Crippen molar-refractivity contribution in [1.82, 2.24) is 4.90 Å². The molecule has 45 heavy (non-hydrogen) atoms. The molecular weight excluding hydrogens is 602 g/mol. The van der Waals surface area contributed by atoms with Crippen molar-refractivity contribution >= 4 is 17.8 Å². The lowest BCUT2D eigenvalue weighted by Gasteiger charge is -2.35. The van der Waals surface area contributed by atoms with Gasteiger partial charge in [-0.3, -0.25) is 9.59 Å². The van der Waals surface area contributed by atoms with Crippen LogP contribution in [-0.2, 0) is 34.8 Å². The molecule has 0 saturated carbocycles. The van der Waals surface area contributed by atoms with Crippen molar-refractivity contribution in [2.24, 2.45) is 5.73 Å². The fourth-order valence-corrected chi connectivity index (χ4v) is 5.29. The second-order valence-corrected chi connectivity index (χ2v) is 10.4. The highest BCUT2D eigenvalue weighted by molar-refractivity contribution is 5.98. The zero-order valence-corrected chi connectivity index (χ0v) is 23.3. The number of ether oxygens (including phenoxy) is 1. The maximum absolute atomic E-state index is 13.2. The minimum absolute atomic E-state index is 0.0343. The number of amides is 2. The van der Waals surface area contributed by atoms with Crippen molar-refractivity contribution in [3.8, 4) is 16.9 Å². The molecule has 1 atom stereocenters. The molecule has 1 aliphatic heterocycles. The van der Waals surface area contributed by atoms with Crippen molar-refractivity contribution in [1.29, 1.82) is 0 Å². The lowest BCUT2D eigenvalue weighted by Crippen LogP contribution is -2.46. The third kappa shape index (κ3) is 6.84. The number of nitrogens with zero attached hydrogens (tertiary/aromatic N) is 1. The van der Waals surface area contributed by atoms with Gasteiger partial charge in [0.25, 0.3) is 0 Å². The van der Waals surface area contributed by atoms with Crippen LogP contribution in [0.5, 0.6) is 5.75 Å². The van der Waals surface area contributed by atoms with Crippen LogP contribution in [0.25, 0.3) is 11.1 Å². The van der Waals surface area contributed by atoms with E-state index in [0.29, 0.717) is 22.3 Å². The monoisotopic (exact) mass is 626 g/mol. The van der Waals surface area contributed by atoms with E-state index in [1.807, 2.05) is 0 Å². The van der Waals surface area contributed by atoms with Gasteiger partial charge in [-0.1, -0.05) is 54.6 Å². The molecule has 2 amide bonds. The molecule has 0 saturated heterocycles. The molecule has 0 radical (unpaired) electrons. The number of alkyl halides is 6.